The fourth-order valence-electron chi connectivity index (χ4n) is 0.977. The lowest BCUT2D eigenvalue weighted by molar-refractivity contribution is 0.983. The van der Waals surface area contributed by atoms with Gasteiger partial charge in [-0.05, 0) is 20.8 Å². The molecule has 0 fully saturated rings. The van der Waals surface area contributed by atoms with Crippen LogP contribution in [0.4, 0.5) is 0 Å². The Bertz CT molecular complexity index is 306. The van der Waals surface area contributed by atoms with Crippen molar-refractivity contribution < 1.29 is 0 Å². The van der Waals surface area contributed by atoms with Crippen LogP contribution in [0.5, 0.6) is 0 Å². The van der Waals surface area contributed by atoms with Gasteiger partial charge in [0.25, 0.3) is 0 Å². The van der Waals surface area contributed by atoms with Crippen LogP contribution >= 0.6 is 0 Å². The van der Waals surface area contributed by atoms with E-state index in [1.807, 2.05) is 14.4 Å². The molecule has 0 aliphatic heterocycles. The van der Waals surface area contributed by atoms with Crippen molar-refractivity contribution in [3.05, 3.63) is 18.7 Å². The van der Waals surface area contributed by atoms with Crippen molar-refractivity contribution >= 4 is 18.1 Å². The lowest BCUT2D eigenvalue weighted by Crippen LogP contribution is -1.89. The summed E-state index contributed by atoms with van der Waals surface area (Å²) < 4.78 is 0. The van der Waals surface area contributed by atoms with E-state index in [2.05, 4.69) is 33.9 Å². The molecule has 12 heavy (non-hydrogen) atoms. The van der Waals surface area contributed by atoms with Crippen molar-refractivity contribution in [1.82, 2.24) is 14.4 Å². The summed E-state index contributed by atoms with van der Waals surface area (Å²) in [6.07, 6.45) is 3.49. The Balaban J connectivity index is 3.04. The summed E-state index contributed by atoms with van der Waals surface area (Å²) in [7, 11) is 0. The van der Waals surface area contributed by atoms with Crippen LogP contribution in [0.1, 0.15) is 20.8 Å². The molecule has 0 unspecified atom stereocenters. The molecule has 0 amide bonds. The van der Waals surface area contributed by atoms with Gasteiger partial charge in [-0.2, -0.15) is 14.4 Å². The molecule has 0 atom stereocenters. The summed E-state index contributed by atoms with van der Waals surface area (Å²) in [4.78, 5) is 5.76. The van der Waals surface area contributed by atoms with Gasteiger partial charge in [-0.1, -0.05) is 18.7 Å². The third kappa shape index (κ3) is 1.18. The minimum atomic E-state index is 1.20. The smallest absolute Gasteiger partial charge is 0.0585 e. The van der Waals surface area contributed by atoms with E-state index in [1.165, 1.54) is 11.3 Å². The first-order valence-electron chi connectivity index (χ1n) is 3.91. The fraction of sp³-hybridized carbons (Fsp3) is 0.333. The molecule has 1 aromatic heterocycles. The summed E-state index contributed by atoms with van der Waals surface area (Å²) in [6.45, 7) is 13.6. The second-order valence-electron chi connectivity index (χ2n) is 2.88. The zero-order chi connectivity index (χ0) is 9.30. The van der Waals surface area contributed by atoms with E-state index < -0.39 is 0 Å². The molecule has 1 heterocycles. The Morgan fingerprint density at radius 1 is 1.00 bits per heavy atom. The van der Waals surface area contributed by atoms with Crippen molar-refractivity contribution in [3.63, 3.8) is 0 Å². The van der Waals surface area contributed by atoms with E-state index in [0.29, 0.717) is 0 Å². The first-order valence-corrected chi connectivity index (χ1v) is 3.91. The Morgan fingerprint density at radius 3 is 1.67 bits per heavy atom. The molecule has 0 radical (unpaired) electrons. The maximum atomic E-state index is 3.69. The zero-order valence-electron chi connectivity index (χ0n) is 7.91. The van der Waals surface area contributed by atoms with E-state index in [0.717, 1.165) is 0 Å². The van der Waals surface area contributed by atoms with Crippen LogP contribution < -0.4 is 0 Å². The molecule has 0 saturated heterocycles. The number of rotatable bonds is 3. The van der Waals surface area contributed by atoms with E-state index in [-0.39, 0.29) is 0 Å². The van der Waals surface area contributed by atoms with Crippen molar-refractivity contribution in [3.8, 4) is 0 Å². The SMILES string of the molecule is C=Cn1n(C=C)n1C(C)=C(C)C. The maximum Gasteiger partial charge on any atom is 0.0585 e. The quantitative estimate of drug-likeness (QED) is 0.654. The van der Waals surface area contributed by atoms with Crippen molar-refractivity contribution in [2.24, 2.45) is 0 Å². The van der Waals surface area contributed by atoms with Gasteiger partial charge >= 0.3 is 0 Å². The molecular formula is C9H15N3. The summed E-state index contributed by atoms with van der Waals surface area (Å²) in [5, 5.41) is 0. The number of nitrogens with zero attached hydrogens (tertiary/aromatic N) is 3. The molecule has 0 saturated carbocycles. The summed E-state index contributed by atoms with van der Waals surface area (Å²) in [6, 6.07) is 0. The van der Waals surface area contributed by atoms with E-state index in [4.69, 9.17) is 0 Å². The molecule has 1 rings (SSSR count). The monoisotopic (exact) mass is 165 g/mol. The zero-order valence-corrected chi connectivity index (χ0v) is 7.91. The Labute approximate surface area is 72.8 Å². The molecule has 0 aliphatic carbocycles. The van der Waals surface area contributed by atoms with E-state index in [9.17, 15) is 0 Å². The van der Waals surface area contributed by atoms with Crippen molar-refractivity contribution in [2.75, 3.05) is 0 Å². The molecule has 1 aromatic rings. The van der Waals surface area contributed by atoms with Crippen LogP contribution in [-0.2, 0) is 0 Å². The largest absolute Gasteiger partial charge is 0.160 e. The van der Waals surface area contributed by atoms with Gasteiger partial charge in [-0.25, -0.2) is 0 Å². The van der Waals surface area contributed by atoms with Gasteiger partial charge < -0.3 is 0 Å². The Kier molecular flexibility index (Phi) is 2.13. The van der Waals surface area contributed by atoms with Crippen LogP contribution in [0.15, 0.2) is 18.7 Å². The highest BCUT2D eigenvalue weighted by Crippen LogP contribution is 2.14. The van der Waals surface area contributed by atoms with Crippen molar-refractivity contribution in [1.29, 1.82) is 0 Å². The Morgan fingerprint density at radius 2 is 1.42 bits per heavy atom. The normalized spacial score (nSPS) is 9.92. The van der Waals surface area contributed by atoms with Gasteiger partial charge in [0.2, 0.25) is 0 Å². The highest BCUT2D eigenvalue weighted by Gasteiger charge is 2.13. The summed E-state index contributed by atoms with van der Waals surface area (Å²) in [5.74, 6) is 0. The molecule has 66 valence electrons. The van der Waals surface area contributed by atoms with Gasteiger partial charge in [0.05, 0.1) is 5.70 Å². The number of aromatic nitrogens is 3. The average molecular weight is 165 g/mol. The summed E-state index contributed by atoms with van der Waals surface area (Å²) in [5.41, 5.74) is 2.49. The van der Waals surface area contributed by atoms with E-state index >= 15 is 0 Å². The van der Waals surface area contributed by atoms with Gasteiger partial charge in [-0.3, -0.25) is 0 Å². The predicted molar refractivity (Wildman–Crippen MR) is 53.4 cm³/mol. The standard InChI is InChI=1S/C9H15N3/c1-6-10-11(7-2)12(10)9(5)8(3)4/h6-7H,1-2H2,3-5H3. The molecule has 0 N–H and O–H groups in total. The molecular weight excluding hydrogens is 150 g/mol. The third-order valence-electron chi connectivity index (χ3n) is 1.92. The van der Waals surface area contributed by atoms with Crippen LogP contribution in [0.3, 0.4) is 0 Å². The molecule has 3 nitrogen and oxygen atoms in total. The van der Waals surface area contributed by atoms with Crippen LogP contribution in [0.2, 0.25) is 0 Å². The Hall–Kier alpha value is -1.38. The first kappa shape index (κ1) is 8.71. The number of allylic oxidation sites excluding steroid dienone is 2. The highest BCUT2D eigenvalue weighted by molar-refractivity contribution is 5.48. The van der Waals surface area contributed by atoms with Gasteiger partial charge in [0.1, 0.15) is 0 Å². The predicted octanol–water partition coefficient (Wildman–Crippen LogP) is 2.56. The molecule has 0 spiro atoms. The molecule has 0 aromatic carbocycles. The lowest BCUT2D eigenvalue weighted by atomic mass is 10.3. The fourth-order valence-corrected chi connectivity index (χ4v) is 0.977. The van der Waals surface area contributed by atoms with Gasteiger partial charge in [0.15, 0.2) is 0 Å². The second-order valence-corrected chi connectivity index (χ2v) is 2.88. The molecule has 0 bridgehead atoms. The summed E-state index contributed by atoms with van der Waals surface area (Å²) >= 11 is 0. The van der Waals surface area contributed by atoms with Crippen LogP contribution in [0.25, 0.3) is 18.1 Å². The van der Waals surface area contributed by atoms with Gasteiger partial charge in [0, 0.05) is 12.4 Å². The highest BCUT2D eigenvalue weighted by atomic mass is 15.9. The maximum absolute atomic E-state index is 3.69. The minimum absolute atomic E-state index is 1.20. The number of hydrogen-bond acceptors (Lipinski definition) is 0. The van der Waals surface area contributed by atoms with E-state index in [1.54, 1.807) is 12.4 Å². The van der Waals surface area contributed by atoms with Gasteiger partial charge in [-0.15, -0.1) is 0 Å². The van der Waals surface area contributed by atoms with Crippen LogP contribution in [-0.4, -0.2) is 14.4 Å². The average Bonchev–Trinajstić information content (AvgIpc) is 2.75. The third-order valence-corrected chi connectivity index (χ3v) is 1.92. The van der Waals surface area contributed by atoms with Crippen molar-refractivity contribution in [2.45, 2.75) is 20.8 Å². The molecule has 0 aliphatic rings. The minimum Gasteiger partial charge on any atom is -0.160 e. The van der Waals surface area contributed by atoms with Crippen LogP contribution in [0, 0.1) is 0 Å². The number of hydrogen-bond donors (Lipinski definition) is 0. The molecule has 3 heteroatoms. The topological polar surface area (TPSA) is 14.8 Å². The first-order chi connectivity index (χ1) is 5.63. The lowest BCUT2D eigenvalue weighted by Gasteiger charge is -1.94. The second kappa shape index (κ2) is 2.93.